The molecule has 1 heterocycles. The number of rotatable bonds is 3. The highest BCUT2D eigenvalue weighted by molar-refractivity contribution is 9.10. The van der Waals surface area contributed by atoms with E-state index in [1.54, 1.807) is 37.6 Å². The Morgan fingerprint density at radius 3 is 2.76 bits per heavy atom. The number of nitrogens with one attached hydrogen (secondary N) is 1. The normalized spacial score (nSPS) is 11.0. The van der Waals surface area contributed by atoms with Gasteiger partial charge in [0.1, 0.15) is 11.6 Å². The van der Waals surface area contributed by atoms with Gasteiger partial charge < -0.3 is 9.73 Å². The minimum atomic E-state index is -0.283. The molecule has 17 heavy (non-hydrogen) atoms. The van der Waals surface area contributed by atoms with Gasteiger partial charge in [-0.1, -0.05) is 15.9 Å². The number of hydrogen-bond donors (Lipinski definition) is 1. The van der Waals surface area contributed by atoms with E-state index in [0.717, 1.165) is 15.8 Å². The fourth-order valence-corrected chi connectivity index (χ4v) is 2.00. The summed E-state index contributed by atoms with van der Waals surface area (Å²) in [4.78, 5) is 0. The van der Waals surface area contributed by atoms with E-state index in [1.807, 2.05) is 6.07 Å². The summed E-state index contributed by atoms with van der Waals surface area (Å²) in [5.74, 6) is 0.443. The molecular weight excluding hydrogens is 285 g/mol. The smallest absolute Gasteiger partial charge is 0.146 e. The largest absolute Gasteiger partial charge is 0.465 e. The first kappa shape index (κ1) is 11.9. The highest BCUT2D eigenvalue weighted by atomic mass is 79.9. The lowest BCUT2D eigenvalue weighted by Gasteiger charge is -2.08. The molecule has 1 N–H and O–H groups in total. The molecule has 1 aromatic heterocycles. The monoisotopic (exact) mass is 295 g/mol. The van der Waals surface area contributed by atoms with E-state index in [1.165, 1.54) is 6.07 Å². The molecule has 0 radical (unpaired) electrons. The molecule has 1 aromatic carbocycles. The van der Waals surface area contributed by atoms with E-state index in [4.69, 9.17) is 4.42 Å². The van der Waals surface area contributed by atoms with E-state index in [0.29, 0.717) is 5.69 Å². The lowest BCUT2D eigenvalue weighted by molar-refractivity contribution is 0.557. The van der Waals surface area contributed by atoms with Crippen molar-refractivity contribution in [3.8, 4) is 0 Å². The molecule has 0 aliphatic heterocycles. The van der Waals surface area contributed by atoms with Gasteiger partial charge in [-0.2, -0.15) is 0 Å². The molecule has 0 spiro atoms. The lowest BCUT2D eigenvalue weighted by Crippen LogP contribution is -1.96. The number of anilines is 1. The Hall–Kier alpha value is -1.55. The molecule has 0 aliphatic carbocycles. The van der Waals surface area contributed by atoms with Crippen LogP contribution < -0.4 is 5.32 Å². The van der Waals surface area contributed by atoms with Gasteiger partial charge in [-0.25, -0.2) is 4.39 Å². The van der Waals surface area contributed by atoms with Crippen molar-refractivity contribution in [3.05, 3.63) is 52.1 Å². The first-order valence-electron chi connectivity index (χ1n) is 5.09. The minimum absolute atomic E-state index is 0.283. The summed E-state index contributed by atoms with van der Waals surface area (Å²) >= 11 is 3.40. The van der Waals surface area contributed by atoms with Crippen molar-refractivity contribution in [1.29, 1.82) is 0 Å². The van der Waals surface area contributed by atoms with Crippen molar-refractivity contribution < 1.29 is 8.81 Å². The predicted octanol–water partition coefficient (Wildman–Crippen LogP) is 4.39. The molecule has 2 nitrogen and oxygen atoms in total. The SMILES string of the molecule is CNc1c(F)ccc(Br)c1/C=C/c1ccco1. The van der Waals surface area contributed by atoms with Crippen molar-refractivity contribution in [3.63, 3.8) is 0 Å². The highest BCUT2D eigenvalue weighted by Crippen LogP contribution is 2.29. The van der Waals surface area contributed by atoms with Crippen molar-refractivity contribution in [2.75, 3.05) is 12.4 Å². The molecule has 2 rings (SSSR count). The van der Waals surface area contributed by atoms with Gasteiger partial charge in [0, 0.05) is 17.1 Å². The standard InChI is InChI=1S/C13H11BrFNO/c1-16-13-10(11(14)6-7-12(13)15)5-4-9-3-2-8-17-9/h2-8,16H,1H3/b5-4+. The van der Waals surface area contributed by atoms with Crippen LogP contribution in [0, 0.1) is 5.82 Å². The molecule has 0 amide bonds. The third kappa shape index (κ3) is 2.58. The summed E-state index contributed by atoms with van der Waals surface area (Å²) < 4.78 is 19.6. The quantitative estimate of drug-likeness (QED) is 0.908. The van der Waals surface area contributed by atoms with Gasteiger partial charge in [0.25, 0.3) is 0 Å². The first-order valence-corrected chi connectivity index (χ1v) is 5.89. The van der Waals surface area contributed by atoms with Crippen LogP contribution in [-0.2, 0) is 0 Å². The summed E-state index contributed by atoms with van der Waals surface area (Å²) in [6.07, 6.45) is 5.19. The molecular formula is C13H11BrFNO. The van der Waals surface area contributed by atoms with Crippen LogP contribution in [0.2, 0.25) is 0 Å². The zero-order valence-electron chi connectivity index (χ0n) is 9.21. The van der Waals surface area contributed by atoms with Crippen molar-refractivity contribution in [2.45, 2.75) is 0 Å². The molecule has 0 aliphatic rings. The Balaban J connectivity index is 2.41. The first-order chi connectivity index (χ1) is 8.22. The van der Waals surface area contributed by atoms with E-state index in [9.17, 15) is 4.39 Å². The predicted molar refractivity (Wildman–Crippen MR) is 71.3 cm³/mol. The van der Waals surface area contributed by atoms with Gasteiger partial charge in [-0.05, 0) is 36.4 Å². The number of benzene rings is 1. The highest BCUT2D eigenvalue weighted by Gasteiger charge is 2.08. The fourth-order valence-electron chi connectivity index (χ4n) is 1.54. The topological polar surface area (TPSA) is 25.2 Å². The summed E-state index contributed by atoms with van der Waals surface area (Å²) in [6.45, 7) is 0. The van der Waals surface area contributed by atoms with Crippen molar-refractivity contribution >= 4 is 33.8 Å². The van der Waals surface area contributed by atoms with E-state index < -0.39 is 0 Å². The van der Waals surface area contributed by atoms with E-state index >= 15 is 0 Å². The minimum Gasteiger partial charge on any atom is -0.465 e. The molecule has 4 heteroatoms. The Labute approximate surface area is 107 Å². The Kier molecular flexibility index (Phi) is 3.64. The van der Waals surface area contributed by atoms with Crippen LogP contribution in [0.15, 0.2) is 39.4 Å². The summed E-state index contributed by atoms with van der Waals surface area (Å²) in [5, 5.41) is 2.85. The average molecular weight is 296 g/mol. The second-order valence-electron chi connectivity index (χ2n) is 3.42. The zero-order valence-corrected chi connectivity index (χ0v) is 10.8. The zero-order chi connectivity index (χ0) is 12.3. The van der Waals surface area contributed by atoms with Crippen LogP contribution in [0.25, 0.3) is 12.2 Å². The Bertz CT molecular complexity index is 535. The van der Waals surface area contributed by atoms with Gasteiger partial charge in [-0.15, -0.1) is 0 Å². The van der Waals surface area contributed by atoms with Crippen LogP contribution in [0.5, 0.6) is 0 Å². The van der Waals surface area contributed by atoms with E-state index in [-0.39, 0.29) is 5.82 Å². The van der Waals surface area contributed by atoms with Crippen LogP contribution in [0.1, 0.15) is 11.3 Å². The third-order valence-corrected chi connectivity index (χ3v) is 3.04. The number of hydrogen-bond acceptors (Lipinski definition) is 2. The fraction of sp³-hybridized carbons (Fsp3) is 0.0769. The Morgan fingerprint density at radius 1 is 1.29 bits per heavy atom. The molecule has 0 fully saturated rings. The maximum Gasteiger partial charge on any atom is 0.146 e. The maximum absolute atomic E-state index is 13.6. The second kappa shape index (κ2) is 5.19. The van der Waals surface area contributed by atoms with Gasteiger partial charge in [0.2, 0.25) is 0 Å². The van der Waals surface area contributed by atoms with Gasteiger partial charge in [0.05, 0.1) is 12.0 Å². The molecule has 2 aromatic rings. The molecule has 0 saturated carbocycles. The molecule has 0 unspecified atom stereocenters. The van der Waals surface area contributed by atoms with Crippen molar-refractivity contribution in [1.82, 2.24) is 0 Å². The molecule has 0 atom stereocenters. The van der Waals surface area contributed by atoms with Crippen LogP contribution >= 0.6 is 15.9 Å². The number of furan rings is 1. The van der Waals surface area contributed by atoms with E-state index in [2.05, 4.69) is 21.2 Å². The van der Waals surface area contributed by atoms with Crippen LogP contribution in [0.3, 0.4) is 0 Å². The molecule has 88 valence electrons. The summed E-state index contributed by atoms with van der Waals surface area (Å²) in [7, 11) is 1.69. The molecule has 0 saturated heterocycles. The summed E-state index contributed by atoms with van der Waals surface area (Å²) in [6, 6.07) is 6.74. The average Bonchev–Trinajstić information content (AvgIpc) is 2.83. The Morgan fingerprint density at radius 2 is 2.12 bits per heavy atom. The number of halogens is 2. The van der Waals surface area contributed by atoms with Gasteiger partial charge in [0.15, 0.2) is 0 Å². The van der Waals surface area contributed by atoms with Gasteiger partial charge >= 0.3 is 0 Å². The molecule has 0 bridgehead atoms. The second-order valence-corrected chi connectivity index (χ2v) is 4.27. The van der Waals surface area contributed by atoms with Crippen LogP contribution in [-0.4, -0.2) is 7.05 Å². The third-order valence-electron chi connectivity index (χ3n) is 2.35. The lowest BCUT2D eigenvalue weighted by atomic mass is 10.1. The van der Waals surface area contributed by atoms with Gasteiger partial charge in [-0.3, -0.25) is 0 Å². The maximum atomic E-state index is 13.6. The van der Waals surface area contributed by atoms with Crippen LogP contribution in [0.4, 0.5) is 10.1 Å². The van der Waals surface area contributed by atoms with Crippen molar-refractivity contribution in [2.24, 2.45) is 0 Å². The summed E-state index contributed by atoms with van der Waals surface area (Å²) in [5.41, 5.74) is 1.21.